The summed E-state index contributed by atoms with van der Waals surface area (Å²) in [5.74, 6) is 0.590. The van der Waals surface area contributed by atoms with Crippen LogP contribution in [0.25, 0.3) is 0 Å². The zero-order chi connectivity index (χ0) is 15.3. The summed E-state index contributed by atoms with van der Waals surface area (Å²) in [4.78, 5) is 13.7. The van der Waals surface area contributed by atoms with Crippen LogP contribution in [0.2, 0.25) is 0 Å². The van der Waals surface area contributed by atoms with Gasteiger partial charge in [0, 0.05) is 12.1 Å². The molecule has 0 aromatic carbocycles. The molecule has 1 aromatic heterocycles. The van der Waals surface area contributed by atoms with Crippen LogP contribution >= 0.6 is 0 Å². The maximum atomic E-state index is 11.3. The number of carbonyl (C=O) groups is 1. The van der Waals surface area contributed by atoms with Gasteiger partial charge < -0.3 is 19.4 Å². The number of methoxy groups -OCH3 is 1. The molecule has 0 saturated heterocycles. The lowest BCUT2D eigenvalue weighted by molar-refractivity contribution is 0.0562. The molecule has 0 spiro atoms. The van der Waals surface area contributed by atoms with Crippen LogP contribution < -0.4 is 5.32 Å². The summed E-state index contributed by atoms with van der Waals surface area (Å²) in [6, 6.07) is 3.48. The van der Waals surface area contributed by atoms with Crippen LogP contribution in [0.1, 0.15) is 48.4 Å². The van der Waals surface area contributed by atoms with Crippen molar-refractivity contribution >= 4 is 5.97 Å². The van der Waals surface area contributed by atoms with Crippen molar-refractivity contribution in [2.45, 2.75) is 44.2 Å². The first-order chi connectivity index (χ1) is 10.1. The van der Waals surface area contributed by atoms with Crippen LogP contribution in [0.5, 0.6) is 0 Å². The molecule has 0 amide bonds. The fourth-order valence-corrected chi connectivity index (χ4v) is 3.09. The van der Waals surface area contributed by atoms with E-state index in [1.54, 1.807) is 6.07 Å². The Balaban J connectivity index is 1.87. The highest BCUT2D eigenvalue weighted by molar-refractivity contribution is 5.86. The molecule has 0 bridgehead atoms. The Kier molecular flexibility index (Phi) is 5.42. The molecule has 118 valence electrons. The van der Waals surface area contributed by atoms with E-state index in [2.05, 4.69) is 29.0 Å². The predicted molar refractivity (Wildman–Crippen MR) is 81.3 cm³/mol. The normalized spacial score (nSPS) is 17.9. The average molecular weight is 294 g/mol. The molecule has 0 unspecified atom stereocenters. The van der Waals surface area contributed by atoms with Gasteiger partial charge in [0.2, 0.25) is 5.76 Å². The molecule has 0 radical (unpaired) electrons. The van der Waals surface area contributed by atoms with Crippen molar-refractivity contribution in [2.75, 3.05) is 27.7 Å². The van der Waals surface area contributed by atoms with E-state index >= 15 is 0 Å². The Morgan fingerprint density at radius 2 is 2.05 bits per heavy atom. The summed E-state index contributed by atoms with van der Waals surface area (Å²) in [6.45, 7) is 1.57. The highest BCUT2D eigenvalue weighted by Gasteiger charge is 2.33. The molecule has 5 heteroatoms. The first kappa shape index (κ1) is 16.0. The minimum Gasteiger partial charge on any atom is -0.463 e. The second-order valence-corrected chi connectivity index (χ2v) is 6.04. The third kappa shape index (κ3) is 3.86. The number of likely N-dealkylation sites (N-methyl/N-ethyl adjacent to an activating group) is 1. The van der Waals surface area contributed by atoms with Gasteiger partial charge in [-0.2, -0.15) is 0 Å². The number of hydrogen-bond donors (Lipinski definition) is 1. The molecule has 0 aliphatic heterocycles. The topological polar surface area (TPSA) is 54.7 Å². The van der Waals surface area contributed by atoms with Gasteiger partial charge in [0.1, 0.15) is 5.76 Å². The minimum absolute atomic E-state index is 0.246. The molecule has 1 aliphatic carbocycles. The van der Waals surface area contributed by atoms with E-state index in [-0.39, 0.29) is 11.3 Å². The van der Waals surface area contributed by atoms with Crippen molar-refractivity contribution < 1.29 is 13.9 Å². The summed E-state index contributed by atoms with van der Waals surface area (Å²) in [6.07, 6.45) is 6.41. The van der Waals surface area contributed by atoms with E-state index in [4.69, 9.17) is 4.42 Å². The average Bonchev–Trinajstić information content (AvgIpc) is 2.96. The van der Waals surface area contributed by atoms with Gasteiger partial charge in [-0.05, 0) is 39.1 Å². The number of esters is 1. The smallest absolute Gasteiger partial charge is 0.373 e. The lowest BCUT2D eigenvalue weighted by Crippen LogP contribution is -2.52. The van der Waals surface area contributed by atoms with Crippen molar-refractivity contribution in [3.63, 3.8) is 0 Å². The van der Waals surface area contributed by atoms with Gasteiger partial charge in [-0.1, -0.05) is 19.3 Å². The Labute approximate surface area is 126 Å². The number of rotatable bonds is 6. The first-order valence-electron chi connectivity index (χ1n) is 7.62. The van der Waals surface area contributed by atoms with E-state index in [1.807, 2.05) is 6.07 Å². The van der Waals surface area contributed by atoms with E-state index in [0.29, 0.717) is 6.54 Å². The predicted octanol–water partition coefficient (Wildman–Crippen LogP) is 2.42. The van der Waals surface area contributed by atoms with Crippen molar-refractivity contribution in [2.24, 2.45) is 0 Å². The van der Waals surface area contributed by atoms with Crippen LogP contribution in [-0.4, -0.2) is 44.2 Å². The Morgan fingerprint density at radius 3 is 2.67 bits per heavy atom. The third-order valence-corrected chi connectivity index (χ3v) is 4.53. The molecule has 0 atom stereocenters. The van der Waals surface area contributed by atoms with Crippen molar-refractivity contribution in [1.29, 1.82) is 0 Å². The molecular formula is C16H26N2O3. The van der Waals surface area contributed by atoms with E-state index < -0.39 is 5.97 Å². The second-order valence-electron chi connectivity index (χ2n) is 6.04. The Hall–Kier alpha value is -1.33. The molecular weight excluding hydrogens is 268 g/mol. The first-order valence-corrected chi connectivity index (χ1v) is 7.62. The van der Waals surface area contributed by atoms with Crippen LogP contribution in [0.3, 0.4) is 0 Å². The lowest BCUT2D eigenvalue weighted by Gasteiger charge is -2.43. The monoisotopic (exact) mass is 294 g/mol. The van der Waals surface area contributed by atoms with Crippen molar-refractivity contribution in [1.82, 2.24) is 10.2 Å². The van der Waals surface area contributed by atoms with Gasteiger partial charge in [-0.25, -0.2) is 4.79 Å². The molecule has 1 heterocycles. The van der Waals surface area contributed by atoms with E-state index in [0.717, 1.165) is 12.3 Å². The fraction of sp³-hybridized carbons (Fsp3) is 0.688. The number of ether oxygens (including phenoxy) is 1. The van der Waals surface area contributed by atoms with Gasteiger partial charge in [0.25, 0.3) is 0 Å². The molecule has 5 nitrogen and oxygen atoms in total. The summed E-state index contributed by atoms with van der Waals surface area (Å²) < 4.78 is 10.1. The van der Waals surface area contributed by atoms with Gasteiger partial charge in [0.05, 0.1) is 13.7 Å². The number of nitrogens with one attached hydrogen (secondary N) is 1. The number of hydrogen-bond acceptors (Lipinski definition) is 5. The number of nitrogens with zero attached hydrogens (tertiary/aromatic N) is 1. The van der Waals surface area contributed by atoms with Crippen molar-refractivity contribution in [3.8, 4) is 0 Å². The lowest BCUT2D eigenvalue weighted by atomic mass is 9.80. The van der Waals surface area contributed by atoms with Gasteiger partial charge in [-0.3, -0.25) is 0 Å². The van der Waals surface area contributed by atoms with E-state index in [9.17, 15) is 4.79 Å². The highest BCUT2D eigenvalue weighted by Crippen LogP contribution is 2.31. The van der Waals surface area contributed by atoms with Gasteiger partial charge in [0.15, 0.2) is 0 Å². The van der Waals surface area contributed by atoms with Crippen LogP contribution in [-0.2, 0) is 11.3 Å². The summed E-state index contributed by atoms with van der Waals surface area (Å²) >= 11 is 0. The number of furan rings is 1. The largest absolute Gasteiger partial charge is 0.463 e. The molecule has 1 N–H and O–H groups in total. The SMILES string of the molecule is COC(=O)c1ccc(CNCC2(N(C)C)CCCCC2)o1. The molecule has 1 fully saturated rings. The fourth-order valence-electron chi connectivity index (χ4n) is 3.09. The third-order valence-electron chi connectivity index (χ3n) is 4.53. The van der Waals surface area contributed by atoms with Crippen LogP contribution in [0.15, 0.2) is 16.5 Å². The van der Waals surface area contributed by atoms with E-state index in [1.165, 1.54) is 39.2 Å². The zero-order valence-electron chi connectivity index (χ0n) is 13.3. The molecule has 1 aromatic rings. The molecule has 1 aliphatic rings. The Morgan fingerprint density at radius 1 is 1.33 bits per heavy atom. The molecule has 2 rings (SSSR count). The summed E-state index contributed by atoms with van der Waals surface area (Å²) in [7, 11) is 5.68. The van der Waals surface area contributed by atoms with Gasteiger partial charge in [-0.15, -0.1) is 0 Å². The summed E-state index contributed by atoms with van der Waals surface area (Å²) in [5.41, 5.74) is 0.246. The van der Waals surface area contributed by atoms with Gasteiger partial charge >= 0.3 is 5.97 Å². The minimum atomic E-state index is -0.432. The molecule has 1 saturated carbocycles. The van der Waals surface area contributed by atoms with Crippen LogP contribution in [0, 0.1) is 0 Å². The molecule has 21 heavy (non-hydrogen) atoms. The maximum absolute atomic E-state index is 11.3. The van der Waals surface area contributed by atoms with Crippen LogP contribution in [0.4, 0.5) is 0 Å². The Bertz CT molecular complexity index is 462. The highest BCUT2D eigenvalue weighted by atomic mass is 16.5. The maximum Gasteiger partial charge on any atom is 0.373 e. The van der Waals surface area contributed by atoms with Crippen molar-refractivity contribution in [3.05, 3.63) is 23.7 Å². The number of carbonyl (C=O) groups excluding carboxylic acids is 1. The quantitative estimate of drug-likeness (QED) is 0.817. The zero-order valence-corrected chi connectivity index (χ0v) is 13.3. The standard InChI is InChI=1S/C16H26N2O3/c1-18(2)16(9-5-4-6-10-16)12-17-11-13-7-8-14(21-13)15(19)20-3/h7-8,17H,4-6,9-12H2,1-3H3. The second kappa shape index (κ2) is 7.09. The summed E-state index contributed by atoms with van der Waals surface area (Å²) in [5, 5.41) is 3.48.